The minimum absolute atomic E-state index is 0.173. The molecule has 0 radical (unpaired) electrons. The molecule has 69 heavy (non-hydrogen) atoms. The summed E-state index contributed by atoms with van der Waals surface area (Å²) in [5.41, 5.74) is -0.137. The Kier molecular flexibility index (Phi) is 16.6. The number of aliphatic hydroxyl groups excluding tert-OH is 12. The van der Waals surface area contributed by atoms with Gasteiger partial charge in [0.2, 0.25) is 0 Å². The highest BCUT2D eigenvalue weighted by Crippen LogP contribution is 2.33. The van der Waals surface area contributed by atoms with Gasteiger partial charge in [-0.1, -0.05) is 20.9 Å². The lowest BCUT2D eigenvalue weighted by Crippen LogP contribution is -2.41. The molecule has 4 saturated heterocycles. The van der Waals surface area contributed by atoms with Crippen molar-refractivity contribution in [3.05, 3.63) is 47.6 Å². The summed E-state index contributed by atoms with van der Waals surface area (Å²) >= 11 is 0. The van der Waals surface area contributed by atoms with E-state index in [-0.39, 0.29) is 75.6 Å². The fourth-order valence-corrected chi connectivity index (χ4v) is 8.15. The minimum Gasteiger partial charge on any atom is -0.394 e. The topological polar surface area (TPSA) is 439 Å². The molecule has 0 aromatic carbocycles. The lowest BCUT2D eigenvalue weighted by molar-refractivity contribution is -0.118. The number of aromatic nitrogens is 12. The first-order valence-electron chi connectivity index (χ1n) is 21.7. The minimum atomic E-state index is -1.42. The first kappa shape index (κ1) is 51.1. The number of aliphatic hydroxyl groups is 12. The maximum absolute atomic E-state index is 10.5. The van der Waals surface area contributed by atoms with E-state index in [0.29, 0.717) is 0 Å². The van der Waals surface area contributed by atoms with Crippen LogP contribution in [0.5, 0.6) is 0 Å². The van der Waals surface area contributed by atoms with Gasteiger partial charge >= 0.3 is 0 Å². The summed E-state index contributed by atoms with van der Waals surface area (Å²) in [4.78, 5) is 0. The van der Waals surface area contributed by atoms with Crippen LogP contribution in [0.25, 0.3) is 0 Å². The maximum atomic E-state index is 10.5. The average Bonchev–Trinajstić information content (AvgIpc) is 4.24. The van der Waals surface area contributed by atoms with Crippen LogP contribution in [-0.4, -0.2) is 247 Å². The molecule has 0 spiro atoms. The molecule has 4 aromatic heterocycles. The van der Waals surface area contributed by atoms with Crippen LogP contribution in [-0.2, 0) is 64.3 Å². The van der Waals surface area contributed by atoms with Crippen molar-refractivity contribution in [2.45, 2.75) is 125 Å². The molecule has 4 aliphatic rings. The maximum Gasteiger partial charge on any atom is 0.180 e. The molecule has 0 bridgehead atoms. The third-order valence-corrected chi connectivity index (χ3v) is 12.0. The largest absolute Gasteiger partial charge is 0.394 e. The zero-order chi connectivity index (χ0) is 49.0. The average molecular weight is 989 g/mol. The summed E-state index contributed by atoms with van der Waals surface area (Å²) < 4.78 is 51.7. The van der Waals surface area contributed by atoms with Crippen molar-refractivity contribution < 1.29 is 99.2 Å². The summed E-state index contributed by atoms with van der Waals surface area (Å²) in [5.74, 6) is 0. The third-order valence-electron chi connectivity index (χ3n) is 12.0. The number of hydrogen-bond acceptors (Lipinski definition) is 28. The van der Waals surface area contributed by atoms with E-state index in [1.54, 1.807) is 0 Å². The Morgan fingerprint density at radius 2 is 0.594 bits per heavy atom. The molecular weight excluding hydrogens is 932 g/mol. The first-order valence-corrected chi connectivity index (χ1v) is 21.7. The third kappa shape index (κ3) is 11.1. The summed E-state index contributed by atoms with van der Waals surface area (Å²) in [6, 6.07) is 0. The second-order valence-electron chi connectivity index (χ2n) is 17.1. The van der Waals surface area contributed by atoms with Crippen LogP contribution in [0.1, 0.15) is 47.7 Å². The molecule has 8 heterocycles. The van der Waals surface area contributed by atoms with Crippen molar-refractivity contribution in [2.75, 3.05) is 52.9 Å². The van der Waals surface area contributed by atoms with Gasteiger partial charge in [0.25, 0.3) is 0 Å². The number of nitrogens with zero attached hydrogens (tertiary/aromatic N) is 12. The van der Waals surface area contributed by atoms with Crippen molar-refractivity contribution in [3.63, 3.8) is 0 Å². The Hall–Kier alpha value is -4.24. The fraction of sp³-hybridized carbons (Fsp3) is 0.784. The molecule has 0 saturated carbocycles. The van der Waals surface area contributed by atoms with Crippen molar-refractivity contribution >= 4 is 0 Å². The molecule has 32 heteroatoms. The molecule has 4 aliphatic heterocycles. The molecular formula is C37H56N12O20. The highest BCUT2D eigenvalue weighted by molar-refractivity contribution is 4.99. The normalized spacial score (nSPS) is 33.9. The number of rotatable bonds is 24. The standard InChI is InChI=1S/C37H56N12O20/c50-5-21-25(54)29(58)33(66-21)46-1-17(38-42-46)9-62-13-37(14-63-10-18-2-47(43-39-18)34-30(59)26(55)22(6-51)67-34,15-64-11-19-3-48(44-40-19)35-31(60)27(56)23(7-52)68-35)16-65-12-20-4-49(45-41-20)36-32(61)28(57)24(8-53)69-36/h1-4,21-36,50-61H,5-16H2/t21-,22-,23-,24-,25-,26-,27-,28-,29-,30-,31-,32-,33-,34-,35-,36-/m1/s1. The molecule has 16 atom stereocenters. The van der Waals surface area contributed by atoms with Crippen LogP contribution in [0.2, 0.25) is 0 Å². The van der Waals surface area contributed by atoms with Gasteiger partial charge in [0.1, 0.15) is 96.0 Å². The number of ether oxygens (including phenoxy) is 8. The van der Waals surface area contributed by atoms with Crippen LogP contribution in [0.3, 0.4) is 0 Å². The summed E-state index contributed by atoms with van der Waals surface area (Å²) in [5, 5.41) is 154. The van der Waals surface area contributed by atoms with E-state index in [1.807, 2.05) is 0 Å². The fourth-order valence-electron chi connectivity index (χ4n) is 8.15. The Morgan fingerprint density at radius 1 is 0.377 bits per heavy atom. The molecule has 0 aliphatic carbocycles. The monoisotopic (exact) mass is 988 g/mol. The predicted octanol–water partition coefficient (Wildman–Crippen LogP) is -8.35. The van der Waals surface area contributed by atoms with Gasteiger partial charge in [-0.25, -0.2) is 18.7 Å². The smallest absolute Gasteiger partial charge is 0.180 e. The van der Waals surface area contributed by atoms with Gasteiger partial charge in [-0.2, -0.15) is 0 Å². The van der Waals surface area contributed by atoms with Crippen LogP contribution >= 0.6 is 0 Å². The predicted molar refractivity (Wildman–Crippen MR) is 213 cm³/mol. The Morgan fingerprint density at radius 3 is 0.783 bits per heavy atom. The van der Waals surface area contributed by atoms with Crippen molar-refractivity contribution in [2.24, 2.45) is 5.41 Å². The van der Waals surface area contributed by atoms with Crippen LogP contribution in [0, 0.1) is 5.41 Å². The molecule has 0 unspecified atom stereocenters. The lowest BCUT2D eigenvalue weighted by atomic mass is 9.92. The molecule has 4 aromatic rings. The molecule has 8 rings (SSSR count). The van der Waals surface area contributed by atoms with E-state index in [4.69, 9.17) is 37.9 Å². The summed E-state index contributed by atoms with van der Waals surface area (Å²) in [6.07, 6.45) is -14.3. The van der Waals surface area contributed by atoms with Gasteiger partial charge in [0.15, 0.2) is 24.9 Å². The van der Waals surface area contributed by atoms with Crippen LogP contribution < -0.4 is 0 Å². The second-order valence-corrected chi connectivity index (χ2v) is 17.1. The quantitative estimate of drug-likeness (QED) is 0.0310. The van der Waals surface area contributed by atoms with Gasteiger partial charge in [-0.05, 0) is 0 Å². The zero-order valence-electron chi connectivity index (χ0n) is 36.5. The summed E-state index contributed by atoms with van der Waals surface area (Å²) in [7, 11) is 0. The highest BCUT2D eigenvalue weighted by Gasteiger charge is 2.47. The van der Waals surface area contributed by atoms with Crippen LogP contribution in [0.15, 0.2) is 24.8 Å². The van der Waals surface area contributed by atoms with Gasteiger partial charge < -0.3 is 99.2 Å². The first-order chi connectivity index (χ1) is 33.3. The van der Waals surface area contributed by atoms with Gasteiger partial charge in [0, 0.05) is 0 Å². The molecule has 12 N–H and O–H groups in total. The lowest BCUT2D eigenvalue weighted by Gasteiger charge is -2.32. The Bertz CT molecular complexity index is 1920. The molecule has 0 amide bonds. The molecule has 384 valence electrons. The van der Waals surface area contributed by atoms with Crippen LogP contribution in [0.4, 0.5) is 0 Å². The number of hydrogen-bond donors (Lipinski definition) is 12. The van der Waals surface area contributed by atoms with E-state index < -0.39 is 130 Å². The van der Waals surface area contributed by atoms with Crippen molar-refractivity contribution in [1.29, 1.82) is 0 Å². The van der Waals surface area contributed by atoms with E-state index in [2.05, 4.69) is 41.2 Å². The van der Waals surface area contributed by atoms with E-state index in [1.165, 1.54) is 43.5 Å². The van der Waals surface area contributed by atoms with Gasteiger partial charge in [-0.3, -0.25) is 0 Å². The SMILES string of the molecule is OC[C@H]1O[C@@H](n2cc(COCC(COCc3cn([C@@H]4O[C@H](CO)[C@@H](O)[C@H]4O)nn3)(COCc3cn([C@@H]4O[C@H](CO)[C@@H](O)[C@H]4O)nn3)COCc3cn([C@@H]4O[C@H](CO)[C@@H](O)[C@H]4O)nn3)nn2)[C@H](O)[C@@H]1O. The van der Waals surface area contributed by atoms with Crippen molar-refractivity contribution in [1.82, 2.24) is 60.0 Å². The van der Waals surface area contributed by atoms with Crippen molar-refractivity contribution in [3.8, 4) is 0 Å². The van der Waals surface area contributed by atoms with Gasteiger partial charge in [0.05, 0.1) is 109 Å². The Balaban J connectivity index is 0.991. The molecule has 32 nitrogen and oxygen atoms in total. The van der Waals surface area contributed by atoms with E-state index >= 15 is 0 Å². The Labute approximate surface area is 389 Å². The molecule has 4 fully saturated rings. The summed E-state index contributed by atoms with van der Waals surface area (Å²) in [6.45, 7) is -3.57. The highest BCUT2D eigenvalue weighted by atomic mass is 16.6. The zero-order valence-corrected chi connectivity index (χ0v) is 36.5. The van der Waals surface area contributed by atoms with Gasteiger partial charge in [-0.15, -0.1) is 20.4 Å². The second kappa shape index (κ2) is 22.5. The van der Waals surface area contributed by atoms with E-state index in [9.17, 15) is 61.3 Å². The van der Waals surface area contributed by atoms with E-state index in [0.717, 1.165) is 0 Å².